The average Bonchev–Trinajstić information content (AvgIpc) is 3.27. The van der Waals surface area contributed by atoms with E-state index in [1.54, 1.807) is 13.8 Å². The highest BCUT2D eigenvalue weighted by Gasteiger charge is 2.36. The molecular formula is C31H34N2O6. The maximum atomic E-state index is 13.4. The van der Waals surface area contributed by atoms with Gasteiger partial charge in [-0.25, -0.2) is 9.59 Å². The molecule has 204 valence electrons. The molecule has 8 heteroatoms. The van der Waals surface area contributed by atoms with Crippen LogP contribution in [-0.2, 0) is 25.7 Å². The third-order valence-electron chi connectivity index (χ3n) is 7.20. The topological polar surface area (TPSA) is 105 Å². The van der Waals surface area contributed by atoms with Gasteiger partial charge in [0.25, 0.3) is 0 Å². The lowest BCUT2D eigenvalue weighted by Gasteiger charge is -2.31. The molecule has 2 amide bonds. The number of benzene rings is 3. The highest BCUT2D eigenvalue weighted by Crippen LogP contribution is 2.44. The molecule has 39 heavy (non-hydrogen) atoms. The van der Waals surface area contributed by atoms with Gasteiger partial charge in [0.2, 0.25) is 5.91 Å². The normalized spacial score (nSPS) is 14.4. The maximum absolute atomic E-state index is 13.4. The Morgan fingerprint density at radius 2 is 1.49 bits per heavy atom. The molecule has 3 atom stereocenters. The molecule has 0 radical (unpaired) electrons. The number of aliphatic carboxylic acids is 1. The van der Waals surface area contributed by atoms with Crippen LogP contribution in [0.25, 0.3) is 11.1 Å². The van der Waals surface area contributed by atoms with Crippen molar-refractivity contribution in [3.8, 4) is 11.1 Å². The van der Waals surface area contributed by atoms with Crippen LogP contribution in [0.5, 0.6) is 0 Å². The van der Waals surface area contributed by atoms with Gasteiger partial charge >= 0.3 is 12.1 Å². The first-order chi connectivity index (χ1) is 18.8. The number of likely N-dealkylation sites (N-methyl/N-ethyl adjacent to an activating group) is 1. The molecule has 0 saturated carbocycles. The molecule has 0 heterocycles. The Morgan fingerprint density at radius 3 is 2.05 bits per heavy atom. The Bertz CT molecular complexity index is 1270. The van der Waals surface area contributed by atoms with E-state index >= 15 is 0 Å². The van der Waals surface area contributed by atoms with E-state index in [2.05, 4.69) is 17.4 Å². The van der Waals surface area contributed by atoms with Crippen LogP contribution in [0.4, 0.5) is 4.79 Å². The van der Waals surface area contributed by atoms with Gasteiger partial charge in [-0.1, -0.05) is 85.8 Å². The van der Waals surface area contributed by atoms with Gasteiger partial charge in [-0.15, -0.1) is 0 Å². The number of rotatable bonds is 11. The standard InChI is InChI=1S/C31H34N2O6/c1-4-27(30(35)36)33(3)29(34)28(20(2)38-18-21-12-6-5-7-13-21)32-31(37)39-19-26-24-16-10-8-14-22(24)23-15-9-11-17-25(23)26/h5-17,20,26-28H,4,18-19H2,1-3H3,(H,32,37)(H,35,36)/t20-,27?,28+/m0/s1. The minimum absolute atomic E-state index is 0.0859. The van der Waals surface area contributed by atoms with Gasteiger partial charge < -0.3 is 24.8 Å². The predicted molar refractivity (Wildman–Crippen MR) is 147 cm³/mol. The third-order valence-corrected chi connectivity index (χ3v) is 7.20. The summed E-state index contributed by atoms with van der Waals surface area (Å²) < 4.78 is 11.6. The number of hydrogen-bond acceptors (Lipinski definition) is 5. The van der Waals surface area contributed by atoms with Crippen LogP contribution in [0.2, 0.25) is 0 Å². The van der Waals surface area contributed by atoms with Crippen LogP contribution in [0.3, 0.4) is 0 Å². The van der Waals surface area contributed by atoms with E-state index in [0.29, 0.717) is 0 Å². The van der Waals surface area contributed by atoms with Crippen LogP contribution in [-0.4, -0.2) is 59.8 Å². The van der Waals surface area contributed by atoms with E-state index < -0.39 is 36.2 Å². The second-order valence-corrected chi connectivity index (χ2v) is 9.66. The average molecular weight is 531 g/mol. The van der Waals surface area contributed by atoms with Crippen molar-refractivity contribution in [2.45, 2.75) is 51.0 Å². The van der Waals surface area contributed by atoms with Gasteiger partial charge in [0.05, 0.1) is 12.7 Å². The van der Waals surface area contributed by atoms with Gasteiger partial charge in [-0.05, 0) is 41.2 Å². The lowest BCUT2D eigenvalue weighted by atomic mass is 9.98. The molecular weight excluding hydrogens is 496 g/mol. The molecule has 1 aliphatic rings. The fraction of sp³-hybridized carbons (Fsp3) is 0.323. The number of ether oxygens (including phenoxy) is 2. The number of nitrogens with one attached hydrogen (secondary N) is 1. The summed E-state index contributed by atoms with van der Waals surface area (Å²) in [5, 5.41) is 12.2. The number of fused-ring (bicyclic) bond motifs is 3. The molecule has 1 aliphatic carbocycles. The Kier molecular flexibility index (Phi) is 8.99. The monoisotopic (exact) mass is 530 g/mol. The zero-order valence-corrected chi connectivity index (χ0v) is 22.4. The SMILES string of the molecule is CCC(C(=O)O)N(C)C(=O)[C@H](NC(=O)OCC1c2ccccc2-c2ccccc21)[C@H](C)OCc1ccccc1. The fourth-order valence-electron chi connectivity index (χ4n) is 5.03. The fourth-order valence-corrected chi connectivity index (χ4v) is 5.03. The van der Waals surface area contributed by atoms with E-state index in [0.717, 1.165) is 32.7 Å². The van der Waals surface area contributed by atoms with Crippen molar-refractivity contribution in [3.63, 3.8) is 0 Å². The van der Waals surface area contributed by atoms with E-state index in [1.807, 2.05) is 66.7 Å². The molecule has 0 aromatic heterocycles. The summed E-state index contributed by atoms with van der Waals surface area (Å²) in [7, 11) is 1.42. The summed E-state index contributed by atoms with van der Waals surface area (Å²) in [6.07, 6.45) is -1.32. The Morgan fingerprint density at radius 1 is 0.923 bits per heavy atom. The van der Waals surface area contributed by atoms with Crippen molar-refractivity contribution in [1.82, 2.24) is 10.2 Å². The first-order valence-corrected chi connectivity index (χ1v) is 13.1. The van der Waals surface area contributed by atoms with E-state index in [-0.39, 0.29) is 25.6 Å². The van der Waals surface area contributed by atoms with E-state index in [1.165, 1.54) is 7.05 Å². The number of alkyl carbamates (subject to hydrolysis) is 1. The van der Waals surface area contributed by atoms with Crippen molar-refractivity contribution in [3.05, 3.63) is 95.6 Å². The first-order valence-electron chi connectivity index (χ1n) is 13.1. The number of hydrogen-bond donors (Lipinski definition) is 2. The van der Waals surface area contributed by atoms with Gasteiger partial charge in [0, 0.05) is 13.0 Å². The van der Waals surface area contributed by atoms with Gasteiger partial charge in [0.15, 0.2) is 0 Å². The molecule has 0 bridgehead atoms. The molecule has 0 saturated heterocycles. The van der Waals surface area contributed by atoms with Gasteiger partial charge in [0.1, 0.15) is 18.7 Å². The summed E-state index contributed by atoms with van der Waals surface area (Å²) in [6, 6.07) is 23.3. The number of carbonyl (C=O) groups excluding carboxylic acids is 2. The lowest BCUT2D eigenvalue weighted by molar-refractivity contribution is -0.151. The highest BCUT2D eigenvalue weighted by molar-refractivity contribution is 5.89. The van der Waals surface area contributed by atoms with Crippen LogP contribution < -0.4 is 5.32 Å². The minimum Gasteiger partial charge on any atom is -0.480 e. The van der Waals surface area contributed by atoms with Gasteiger partial charge in [-0.2, -0.15) is 0 Å². The van der Waals surface area contributed by atoms with Crippen LogP contribution in [0.15, 0.2) is 78.9 Å². The van der Waals surface area contributed by atoms with Crippen molar-refractivity contribution >= 4 is 18.0 Å². The second-order valence-electron chi connectivity index (χ2n) is 9.66. The molecule has 8 nitrogen and oxygen atoms in total. The zero-order chi connectivity index (χ0) is 27.9. The van der Waals surface area contributed by atoms with Crippen LogP contribution in [0, 0.1) is 0 Å². The Labute approximate surface area is 228 Å². The molecule has 3 aromatic carbocycles. The smallest absolute Gasteiger partial charge is 0.407 e. The zero-order valence-electron chi connectivity index (χ0n) is 22.4. The van der Waals surface area contributed by atoms with Crippen LogP contribution in [0.1, 0.15) is 42.9 Å². The lowest BCUT2D eigenvalue weighted by Crippen LogP contribution is -2.56. The summed E-state index contributed by atoms with van der Waals surface area (Å²) in [5.74, 6) is -1.83. The van der Waals surface area contributed by atoms with E-state index in [9.17, 15) is 19.5 Å². The van der Waals surface area contributed by atoms with E-state index in [4.69, 9.17) is 9.47 Å². The number of carboxylic acid groups (broad SMARTS) is 1. The quantitative estimate of drug-likeness (QED) is 0.368. The molecule has 4 rings (SSSR count). The largest absolute Gasteiger partial charge is 0.480 e. The van der Waals surface area contributed by atoms with Crippen molar-refractivity contribution < 1.29 is 29.0 Å². The third kappa shape index (κ3) is 6.29. The number of carbonyl (C=O) groups is 3. The molecule has 1 unspecified atom stereocenters. The van der Waals surface area contributed by atoms with Crippen molar-refractivity contribution in [2.24, 2.45) is 0 Å². The maximum Gasteiger partial charge on any atom is 0.407 e. The van der Waals surface area contributed by atoms with Crippen molar-refractivity contribution in [2.75, 3.05) is 13.7 Å². The number of nitrogens with zero attached hydrogens (tertiary/aromatic N) is 1. The minimum atomic E-state index is -1.15. The van der Waals surface area contributed by atoms with Crippen molar-refractivity contribution in [1.29, 1.82) is 0 Å². The first kappa shape index (κ1) is 27.9. The Hall–Kier alpha value is -4.17. The molecule has 3 aromatic rings. The summed E-state index contributed by atoms with van der Waals surface area (Å²) in [4.78, 5) is 39.3. The molecule has 0 spiro atoms. The Balaban J connectivity index is 1.48. The second kappa shape index (κ2) is 12.6. The van der Waals surface area contributed by atoms with Crippen LogP contribution >= 0.6 is 0 Å². The summed E-state index contributed by atoms with van der Waals surface area (Å²) in [6.45, 7) is 3.66. The number of amides is 2. The molecule has 0 fully saturated rings. The highest BCUT2D eigenvalue weighted by atomic mass is 16.5. The summed E-state index contributed by atoms with van der Waals surface area (Å²) >= 11 is 0. The summed E-state index contributed by atoms with van der Waals surface area (Å²) in [5.41, 5.74) is 5.27. The number of carboxylic acids is 1. The predicted octanol–water partition coefficient (Wildman–Crippen LogP) is 4.82. The van der Waals surface area contributed by atoms with Gasteiger partial charge in [-0.3, -0.25) is 4.79 Å². The molecule has 0 aliphatic heterocycles. The molecule has 2 N–H and O–H groups in total.